The number of amides is 1. The fourth-order valence-corrected chi connectivity index (χ4v) is 1.47. The van der Waals surface area contributed by atoms with E-state index >= 15 is 0 Å². The smallest absolute Gasteiger partial charge is 0.236 e. The van der Waals surface area contributed by atoms with Crippen molar-refractivity contribution < 1.29 is 9.53 Å². The number of carbonyl (C=O) groups is 1. The summed E-state index contributed by atoms with van der Waals surface area (Å²) in [6, 6.07) is 0. The summed E-state index contributed by atoms with van der Waals surface area (Å²) >= 11 is 0. The Morgan fingerprint density at radius 1 is 1.47 bits per heavy atom. The maximum atomic E-state index is 11.6. The van der Waals surface area contributed by atoms with Crippen LogP contribution in [-0.2, 0) is 9.53 Å². The van der Waals surface area contributed by atoms with E-state index in [1.165, 1.54) is 0 Å². The Morgan fingerprint density at radius 3 is 2.87 bits per heavy atom. The van der Waals surface area contributed by atoms with Gasteiger partial charge in [-0.2, -0.15) is 0 Å². The number of rotatable bonds is 5. The quantitative estimate of drug-likeness (QED) is 0.530. The van der Waals surface area contributed by atoms with Crippen molar-refractivity contribution in [3.63, 3.8) is 0 Å². The summed E-state index contributed by atoms with van der Waals surface area (Å²) in [6.45, 7) is 6.11. The van der Waals surface area contributed by atoms with Gasteiger partial charge in [-0.1, -0.05) is 12.2 Å². The molecule has 0 radical (unpaired) electrons. The van der Waals surface area contributed by atoms with Crippen LogP contribution >= 0.6 is 0 Å². The molecule has 4 heteroatoms. The summed E-state index contributed by atoms with van der Waals surface area (Å²) in [5, 5.41) is 3.13. The van der Waals surface area contributed by atoms with Gasteiger partial charge in [0, 0.05) is 13.1 Å². The van der Waals surface area contributed by atoms with Crippen molar-refractivity contribution >= 4 is 5.91 Å². The van der Waals surface area contributed by atoms with Crippen molar-refractivity contribution in [1.29, 1.82) is 0 Å². The Morgan fingerprint density at radius 2 is 2.20 bits per heavy atom. The molecule has 1 saturated heterocycles. The molecule has 0 aliphatic carbocycles. The molecule has 1 aliphatic heterocycles. The number of morpholine rings is 1. The van der Waals surface area contributed by atoms with E-state index in [1.54, 1.807) is 0 Å². The van der Waals surface area contributed by atoms with E-state index in [0.717, 1.165) is 26.1 Å². The summed E-state index contributed by atoms with van der Waals surface area (Å²) in [5.74, 6) is 0.179. The molecule has 4 nitrogen and oxygen atoms in total. The molecule has 0 unspecified atom stereocenters. The summed E-state index contributed by atoms with van der Waals surface area (Å²) in [5.41, 5.74) is 0. The van der Waals surface area contributed by atoms with Gasteiger partial charge in [0.2, 0.25) is 5.91 Å². The molecular weight excluding hydrogens is 192 g/mol. The lowest BCUT2D eigenvalue weighted by molar-refractivity contribution is -0.134. The van der Waals surface area contributed by atoms with Crippen LogP contribution in [0.25, 0.3) is 0 Å². The third-order valence-corrected chi connectivity index (χ3v) is 2.36. The average molecular weight is 212 g/mol. The fraction of sp³-hybridized carbons (Fsp3) is 0.727. The Labute approximate surface area is 91.3 Å². The molecule has 1 N–H and O–H groups in total. The number of hydrogen-bond donors (Lipinski definition) is 1. The number of hydrogen-bond acceptors (Lipinski definition) is 3. The van der Waals surface area contributed by atoms with E-state index in [2.05, 4.69) is 11.4 Å². The molecule has 86 valence electrons. The Bertz CT molecular complexity index is 211. The summed E-state index contributed by atoms with van der Waals surface area (Å²) in [6.07, 6.45) is 5.09. The molecule has 0 spiro atoms. The van der Waals surface area contributed by atoms with E-state index in [0.29, 0.717) is 19.8 Å². The first-order valence-electron chi connectivity index (χ1n) is 5.52. The van der Waals surface area contributed by atoms with Crippen molar-refractivity contribution in [3.05, 3.63) is 12.2 Å². The van der Waals surface area contributed by atoms with E-state index in [-0.39, 0.29) is 5.91 Å². The Hall–Kier alpha value is -0.870. The van der Waals surface area contributed by atoms with Gasteiger partial charge >= 0.3 is 0 Å². The summed E-state index contributed by atoms with van der Waals surface area (Å²) < 4.78 is 5.18. The molecular formula is C11H20N2O2. The number of carbonyl (C=O) groups excluding carboxylic acids is 1. The lowest BCUT2D eigenvalue weighted by atomic mass is 10.3. The van der Waals surface area contributed by atoms with Crippen molar-refractivity contribution in [1.82, 2.24) is 10.2 Å². The van der Waals surface area contributed by atoms with Crippen molar-refractivity contribution in [3.8, 4) is 0 Å². The van der Waals surface area contributed by atoms with Crippen LogP contribution in [0.1, 0.15) is 13.3 Å². The van der Waals surface area contributed by atoms with Crippen molar-refractivity contribution in [2.75, 3.05) is 39.4 Å². The van der Waals surface area contributed by atoms with Crippen LogP contribution in [0, 0.1) is 0 Å². The van der Waals surface area contributed by atoms with E-state index in [4.69, 9.17) is 4.74 Å². The molecule has 0 bridgehead atoms. The van der Waals surface area contributed by atoms with Gasteiger partial charge < -0.3 is 15.0 Å². The molecule has 0 atom stereocenters. The Balaban J connectivity index is 2.06. The van der Waals surface area contributed by atoms with Gasteiger partial charge in [0.25, 0.3) is 0 Å². The maximum absolute atomic E-state index is 11.6. The van der Waals surface area contributed by atoms with Gasteiger partial charge in [0.1, 0.15) is 0 Å². The minimum Gasteiger partial charge on any atom is -0.378 e. The molecule has 0 aromatic heterocycles. The van der Waals surface area contributed by atoms with Crippen LogP contribution in [0.5, 0.6) is 0 Å². The van der Waals surface area contributed by atoms with Crippen LogP contribution in [0.4, 0.5) is 0 Å². The van der Waals surface area contributed by atoms with Crippen LogP contribution in [0.3, 0.4) is 0 Å². The van der Waals surface area contributed by atoms with Gasteiger partial charge in [0.05, 0.1) is 19.8 Å². The second-order valence-electron chi connectivity index (χ2n) is 3.53. The van der Waals surface area contributed by atoms with E-state index < -0.39 is 0 Å². The minimum atomic E-state index is 0.179. The largest absolute Gasteiger partial charge is 0.378 e. The van der Waals surface area contributed by atoms with Crippen LogP contribution in [-0.4, -0.2) is 50.2 Å². The number of allylic oxidation sites excluding steroid dienone is 1. The van der Waals surface area contributed by atoms with E-state index in [9.17, 15) is 4.79 Å². The van der Waals surface area contributed by atoms with Crippen LogP contribution < -0.4 is 5.32 Å². The van der Waals surface area contributed by atoms with Gasteiger partial charge in [-0.15, -0.1) is 0 Å². The Kier molecular flexibility index (Phi) is 6.04. The number of ether oxygens (including phenoxy) is 1. The zero-order valence-electron chi connectivity index (χ0n) is 9.37. The van der Waals surface area contributed by atoms with Crippen LogP contribution in [0.15, 0.2) is 12.2 Å². The second-order valence-corrected chi connectivity index (χ2v) is 3.53. The highest BCUT2D eigenvalue weighted by molar-refractivity contribution is 5.78. The number of nitrogens with one attached hydrogen (secondary N) is 1. The third-order valence-electron chi connectivity index (χ3n) is 2.36. The summed E-state index contributed by atoms with van der Waals surface area (Å²) in [7, 11) is 0. The first kappa shape index (κ1) is 12.2. The SMILES string of the molecule is C/C=C/CCNCC(=O)N1CCOCC1. The zero-order valence-corrected chi connectivity index (χ0v) is 9.37. The predicted molar refractivity (Wildman–Crippen MR) is 59.7 cm³/mol. The predicted octanol–water partition coefficient (Wildman–Crippen LogP) is 0.401. The van der Waals surface area contributed by atoms with Crippen molar-refractivity contribution in [2.24, 2.45) is 0 Å². The minimum absolute atomic E-state index is 0.179. The molecule has 0 aromatic rings. The first-order chi connectivity index (χ1) is 7.34. The molecule has 1 rings (SSSR count). The molecule has 1 heterocycles. The van der Waals surface area contributed by atoms with Crippen LogP contribution in [0.2, 0.25) is 0 Å². The monoisotopic (exact) mass is 212 g/mol. The topological polar surface area (TPSA) is 41.6 Å². The molecule has 1 amide bonds. The van der Waals surface area contributed by atoms with E-state index in [1.807, 2.05) is 17.9 Å². The molecule has 0 saturated carbocycles. The highest BCUT2D eigenvalue weighted by Gasteiger charge is 2.15. The average Bonchev–Trinajstić information content (AvgIpc) is 2.30. The maximum Gasteiger partial charge on any atom is 0.236 e. The second kappa shape index (κ2) is 7.43. The standard InChI is InChI=1S/C11H20N2O2/c1-2-3-4-5-12-10-11(14)13-6-8-15-9-7-13/h2-3,12H,4-10H2,1H3/b3-2+. The highest BCUT2D eigenvalue weighted by atomic mass is 16.5. The van der Waals surface area contributed by atoms with Gasteiger partial charge in [-0.05, 0) is 19.9 Å². The van der Waals surface area contributed by atoms with Gasteiger partial charge in [0.15, 0.2) is 0 Å². The van der Waals surface area contributed by atoms with Crippen molar-refractivity contribution in [2.45, 2.75) is 13.3 Å². The first-order valence-corrected chi connectivity index (χ1v) is 5.52. The molecule has 1 aliphatic rings. The number of nitrogens with zero attached hydrogens (tertiary/aromatic N) is 1. The fourth-order valence-electron chi connectivity index (χ4n) is 1.47. The lowest BCUT2D eigenvalue weighted by Crippen LogP contribution is -2.44. The highest BCUT2D eigenvalue weighted by Crippen LogP contribution is 1.96. The molecule has 1 fully saturated rings. The van der Waals surface area contributed by atoms with Gasteiger partial charge in [-0.25, -0.2) is 0 Å². The zero-order chi connectivity index (χ0) is 10.9. The molecule has 0 aromatic carbocycles. The molecule has 15 heavy (non-hydrogen) atoms. The van der Waals surface area contributed by atoms with Gasteiger partial charge in [-0.3, -0.25) is 4.79 Å². The summed E-state index contributed by atoms with van der Waals surface area (Å²) in [4.78, 5) is 13.5. The normalized spacial score (nSPS) is 17.3. The third kappa shape index (κ3) is 4.95. The lowest BCUT2D eigenvalue weighted by Gasteiger charge is -2.26.